The Bertz CT molecular complexity index is 438. The van der Waals surface area contributed by atoms with Gasteiger partial charge in [-0.15, -0.1) is 0 Å². The molecule has 1 saturated carbocycles. The molecule has 18 heavy (non-hydrogen) atoms. The normalized spacial score (nSPS) is 15.8. The molecule has 5 nitrogen and oxygen atoms in total. The summed E-state index contributed by atoms with van der Waals surface area (Å²) < 4.78 is 0. The second-order valence-corrected chi connectivity index (χ2v) is 5.66. The molecule has 6 heteroatoms. The number of rotatable bonds is 5. The molecule has 1 aliphatic carbocycles. The summed E-state index contributed by atoms with van der Waals surface area (Å²) in [4.78, 5) is 26.9. The number of nitrogens with two attached hydrogens (primary N) is 1. The van der Waals surface area contributed by atoms with E-state index in [1.165, 1.54) is 31.9 Å². The van der Waals surface area contributed by atoms with Crippen LogP contribution < -0.4 is 11.1 Å². The molecule has 1 fully saturated rings. The number of aromatic nitrogens is 1. The van der Waals surface area contributed by atoms with Crippen LogP contribution in [0.25, 0.3) is 0 Å². The van der Waals surface area contributed by atoms with Crippen LogP contribution in [0.15, 0.2) is 6.20 Å². The lowest BCUT2D eigenvalue weighted by Crippen LogP contribution is -2.12. The summed E-state index contributed by atoms with van der Waals surface area (Å²) in [7, 11) is 0. The second kappa shape index (κ2) is 5.95. The van der Waals surface area contributed by atoms with Crippen LogP contribution in [0.1, 0.15) is 48.2 Å². The van der Waals surface area contributed by atoms with Crippen molar-refractivity contribution in [3.05, 3.63) is 11.1 Å². The molecular weight excluding hydrogens is 250 g/mol. The van der Waals surface area contributed by atoms with E-state index in [1.807, 2.05) is 0 Å². The molecule has 0 saturated heterocycles. The molecule has 0 atom stereocenters. The van der Waals surface area contributed by atoms with E-state index < -0.39 is 5.91 Å². The molecule has 0 aliphatic heterocycles. The van der Waals surface area contributed by atoms with E-state index in [4.69, 9.17) is 5.73 Å². The number of carbonyl (C=O) groups excluding carboxylic acids is 2. The van der Waals surface area contributed by atoms with E-state index in [-0.39, 0.29) is 5.91 Å². The Labute approximate surface area is 110 Å². The highest BCUT2D eigenvalue weighted by Gasteiger charge is 2.16. The maximum atomic E-state index is 11.7. The van der Waals surface area contributed by atoms with Crippen molar-refractivity contribution in [2.24, 2.45) is 11.7 Å². The third-order valence-corrected chi connectivity index (χ3v) is 4.18. The van der Waals surface area contributed by atoms with Gasteiger partial charge in [0, 0.05) is 6.42 Å². The number of thiazole rings is 1. The Morgan fingerprint density at radius 1 is 1.44 bits per heavy atom. The van der Waals surface area contributed by atoms with Crippen molar-refractivity contribution in [2.45, 2.75) is 38.5 Å². The summed E-state index contributed by atoms with van der Waals surface area (Å²) in [5.74, 6) is 0.152. The average molecular weight is 267 g/mol. The van der Waals surface area contributed by atoms with Crippen LogP contribution in [0.2, 0.25) is 0 Å². The second-order valence-electron chi connectivity index (χ2n) is 4.63. The van der Waals surface area contributed by atoms with Crippen molar-refractivity contribution in [1.82, 2.24) is 4.98 Å². The number of nitrogens with one attached hydrogen (secondary N) is 1. The molecule has 0 spiro atoms. The van der Waals surface area contributed by atoms with Gasteiger partial charge in [0.15, 0.2) is 5.13 Å². The summed E-state index contributed by atoms with van der Waals surface area (Å²) in [6, 6.07) is 0. The number of carbonyl (C=O) groups is 2. The van der Waals surface area contributed by atoms with E-state index in [1.54, 1.807) is 0 Å². The first-order valence-electron chi connectivity index (χ1n) is 6.20. The van der Waals surface area contributed by atoms with E-state index in [2.05, 4.69) is 10.3 Å². The fourth-order valence-electron chi connectivity index (χ4n) is 2.26. The van der Waals surface area contributed by atoms with Gasteiger partial charge < -0.3 is 11.1 Å². The van der Waals surface area contributed by atoms with Gasteiger partial charge in [0.1, 0.15) is 4.88 Å². The predicted octanol–water partition coefficient (Wildman–Crippen LogP) is 2.15. The average Bonchev–Trinajstić information content (AvgIpc) is 2.96. The fraction of sp³-hybridized carbons (Fsp3) is 0.583. The Morgan fingerprint density at radius 3 is 2.78 bits per heavy atom. The summed E-state index contributed by atoms with van der Waals surface area (Å²) >= 11 is 1.11. The zero-order chi connectivity index (χ0) is 13.0. The van der Waals surface area contributed by atoms with Crippen molar-refractivity contribution in [3.8, 4) is 0 Å². The van der Waals surface area contributed by atoms with Crippen LogP contribution in [0, 0.1) is 5.92 Å². The molecule has 2 amide bonds. The van der Waals surface area contributed by atoms with E-state index >= 15 is 0 Å². The SMILES string of the molecule is NC(=O)c1cnc(NC(=O)CCC2CCCC2)s1. The van der Waals surface area contributed by atoms with Gasteiger partial charge in [-0.3, -0.25) is 9.59 Å². The largest absolute Gasteiger partial charge is 0.365 e. The van der Waals surface area contributed by atoms with Crippen LogP contribution in [-0.4, -0.2) is 16.8 Å². The molecule has 1 aromatic rings. The third kappa shape index (κ3) is 3.53. The number of primary amides is 1. The Balaban J connectivity index is 1.77. The first-order chi connectivity index (χ1) is 8.65. The quantitative estimate of drug-likeness (QED) is 0.857. The zero-order valence-corrected chi connectivity index (χ0v) is 11.0. The number of hydrogen-bond donors (Lipinski definition) is 2. The lowest BCUT2D eigenvalue weighted by Gasteiger charge is -2.07. The van der Waals surface area contributed by atoms with E-state index in [9.17, 15) is 9.59 Å². The third-order valence-electron chi connectivity index (χ3n) is 3.25. The van der Waals surface area contributed by atoms with Gasteiger partial charge in [0.25, 0.3) is 5.91 Å². The van der Waals surface area contributed by atoms with Crippen molar-refractivity contribution in [3.63, 3.8) is 0 Å². The molecule has 1 aliphatic rings. The topological polar surface area (TPSA) is 85.1 Å². The maximum Gasteiger partial charge on any atom is 0.260 e. The molecule has 0 radical (unpaired) electrons. The Hall–Kier alpha value is -1.43. The van der Waals surface area contributed by atoms with Gasteiger partial charge in [-0.05, 0) is 12.3 Å². The van der Waals surface area contributed by atoms with Crippen LogP contribution in [-0.2, 0) is 4.79 Å². The van der Waals surface area contributed by atoms with E-state index in [0.29, 0.717) is 22.3 Å². The smallest absolute Gasteiger partial charge is 0.260 e. The highest BCUT2D eigenvalue weighted by molar-refractivity contribution is 7.17. The Kier molecular flexibility index (Phi) is 4.30. The van der Waals surface area contributed by atoms with Gasteiger partial charge in [0.2, 0.25) is 5.91 Å². The number of nitrogens with zero attached hydrogens (tertiary/aromatic N) is 1. The van der Waals surface area contributed by atoms with Crippen molar-refractivity contribution in [2.75, 3.05) is 5.32 Å². The summed E-state index contributed by atoms with van der Waals surface area (Å²) in [6.45, 7) is 0. The predicted molar refractivity (Wildman–Crippen MR) is 70.5 cm³/mol. The maximum absolute atomic E-state index is 11.7. The van der Waals surface area contributed by atoms with Gasteiger partial charge in [0.05, 0.1) is 6.20 Å². The lowest BCUT2D eigenvalue weighted by molar-refractivity contribution is -0.116. The van der Waals surface area contributed by atoms with Crippen molar-refractivity contribution in [1.29, 1.82) is 0 Å². The minimum Gasteiger partial charge on any atom is -0.365 e. The molecule has 1 heterocycles. The van der Waals surface area contributed by atoms with Crippen molar-refractivity contribution >= 4 is 28.3 Å². The van der Waals surface area contributed by atoms with Gasteiger partial charge >= 0.3 is 0 Å². The minimum atomic E-state index is -0.515. The monoisotopic (exact) mass is 267 g/mol. The molecule has 1 aromatic heterocycles. The van der Waals surface area contributed by atoms with Crippen LogP contribution >= 0.6 is 11.3 Å². The molecule has 0 aromatic carbocycles. The minimum absolute atomic E-state index is 0.0349. The summed E-state index contributed by atoms with van der Waals surface area (Å²) in [5.41, 5.74) is 5.12. The number of amides is 2. The first kappa shape index (κ1) is 13.0. The molecule has 0 unspecified atom stereocenters. The summed E-state index contributed by atoms with van der Waals surface area (Å²) in [5, 5.41) is 3.15. The van der Waals surface area contributed by atoms with Crippen LogP contribution in [0.4, 0.5) is 5.13 Å². The fourth-order valence-corrected chi connectivity index (χ4v) is 2.95. The highest BCUT2D eigenvalue weighted by atomic mass is 32.1. The molecule has 0 bridgehead atoms. The standard InChI is InChI=1S/C12H17N3O2S/c13-11(17)9-7-14-12(18-9)15-10(16)6-5-8-3-1-2-4-8/h7-8H,1-6H2,(H2,13,17)(H,14,15,16). The van der Waals surface area contributed by atoms with Crippen LogP contribution in [0.3, 0.4) is 0 Å². The van der Waals surface area contributed by atoms with Crippen molar-refractivity contribution < 1.29 is 9.59 Å². The molecule has 98 valence electrons. The van der Waals surface area contributed by atoms with Gasteiger partial charge in [-0.1, -0.05) is 37.0 Å². The van der Waals surface area contributed by atoms with E-state index in [0.717, 1.165) is 17.8 Å². The highest BCUT2D eigenvalue weighted by Crippen LogP contribution is 2.28. The van der Waals surface area contributed by atoms with Crippen LogP contribution in [0.5, 0.6) is 0 Å². The molecule has 2 rings (SSSR count). The number of hydrogen-bond acceptors (Lipinski definition) is 4. The number of anilines is 1. The summed E-state index contributed by atoms with van der Waals surface area (Å²) in [6.07, 6.45) is 7.93. The zero-order valence-electron chi connectivity index (χ0n) is 10.1. The molecule has 3 N–H and O–H groups in total. The molecular formula is C12H17N3O2S. The lowest BCUT2D eigenvalue weighted by atomic mass is 10.0. The Morgan fingerprint density at radius 2 is 2.17 bits per heavy atom. The van der Waals surface area contributed by atoms with Gasteiger partial charge in [-0.2, -0.15) is 0 Å². The van der Waals surface area contributed by atoms with Gasteiger partial charge in [-0.25, -0.2) is 4.98 Å². The first-order valence-corrected chi connectivity index (χ1v) is 7.02.